The Hall–Kier alpha value is -17.5. The minimum atomic E-state index is 0.0779. The molecule has 24 aromatic carbocycles. The molecule has 3 heterocycles. The van der Waals surface area contributed by atoms with Gasteiger partial charge in [-0.15, -0.1) is 0 Å². The van der Waals surface area contributed by atoms with E-state index in [1.165, 1.54) is 136 Å². The summed E-state index contributed by atoms with van der Waals surface area (Å²) in [4.78, 5) is 4.62. The van der Waals surface area contributed by atoms with Gasteiger partial charge in [0.05, 0.1) is 17.1 Å². The molecule has 0 saturated heterocycles. The molecule has 25 aromatic rings. The monoisotopic (exact) mass is 1720 g/mol. The number of hydrogen-bond donors (Lipinski definition) is 0. The molecule has 0 fully saturated rings. The fourth-order valence-corrected chi connectivity index (χ4v) is 21.9. The summed E-state index contributed by atoms with van der Waals surface area (Å²) in [6.45, 7) is 0.233. The molecule has 0 amide bonds. The Kier molecular flexibility index (Phi) is 19.1. The lowest BCUT2D eigenvalue weighted by molar-refractivity contribution is 0.487. The maximum Gasteiger partial charge on any atom is 0.241 e. The fourth-order valence-electron chi connectivity index (χ4n) is 21.9. The van der Waals surface area contributed by atoms with Crippen LogP contribution >= 0.6 is 0 Å². The minimum absolute atomic E-state index is 0.0779. The van der Waals surface area contributed by atoms with Gasteiger partial charge in [-0.3, -0.25) is 0 Å². The lowest BCUT2D eigenvalue weighted by Gasteiger charge is -2.30. The molecular formula is C128H82B2N2O3. The van der Waals surface area contributed by atoms with Crippen molar-refractivity contribution in [1.82, 2.24) is 0 Å². The lowest BCUT2D eigenvalue weighted by atomic mass is 9.36. The summed E-state index contributed by atoms with van der Waals surface area (Å²) in [6, 6.07) is 180. The number of rotatable bonds is 15. The molecule has 0 N–H and O–H groups in total. The van der Waals surface area contributed by atoms with Crippen LogP contribution in [0.2, 0.25) is 0 Å². The van der Waals surface area contributed by atoms with Crippen molar-refractivity contribution in [3.8, 4) is 78.6 Å². The number of benzene rings is 24. The number of anilines is 6. The molecule has 27 rings (SSSR count). The predicted molar refractivity (Wildman–Crippen MR) is 572 cm³/mol. The highest BCUT2D eigenvalue weighted by molar-refractivity contribution is 6.97. The van der Waals surface area contributed by atoms with Crippen molar-refractivity contribution < 1.29 is 13.9 Å². The van der Waals surface area contributed by atoms with Crippen molar-refractivity contribution in [2.45, 2.75) is 0 Å². The van der Waals surface area contributed by atoms with Crippen molar-refractivity contribution in [2.75, 3.05) is 9.80 Å². The molecule has 0 atom stereocenters. The van der Waals surface area contributed by atoms with E-state index in [1.807, 2.05) is 12.1 Å². The number of para-hydroxylation sites is 5. The van der Waals surface area contributed by atoms with Gasteiger partial charge in [-0.05, 0) is 224 Å². The largest absolute Gasteiger partial charge is 0.456 e. The molecule has 1 aromatic heterocycles. The van der Waals surface area contributed by atoms with Gasteiger partial charge in [-0.1, -0.05) is 409 Å². The van der Waals surface area contributed by atoms with Crippen molar-refractivity contribution >= 4 is 188 Å². The average Bonchev–Trinajstić information content (AvgIpc) is 1.59. The van der Waals surface area contributed by atoms with Crippen LogP contribution < -0.4 is 52.1 Å². The Morgan fingerprint density at radius 2 is 0.585 bits per heavy atom. The molecule has 5 nitrogen and oxygen atoms in total. The fraction of sp³-hybridized carbons (Fsp3) is 0. The van der Waals surface area contributed by atoms with Gasteiger partial charge in [-0.25, -0.2) is 0 Å². The van der Waals surface area contributed by atoms with E-state index in [4.69, 9.17) is 13.9 Å². The highest BCUT2D eigenvalue weighted by atomic mass is 16.5. The highest BCUT2D eigenvalue weighted by Crippen LogP contribution is 2.56. The van der Waals surface area contributed by atoms with E-state index in [-0.39, 0.29) is 13.4 Å². The Balaban J connectivity index is 0.000000143. The quantitative estimate of drug-likeness (QED) is 0.0755. The molecule has 0 radical (unpaired) electrons. The van der Waals surface area contributed by atoms with Gasteiger partial charge in [-0.2, -0.15) is 0 Å². The zero-order chi connectivity index (χ0) is 89.0. The van der Waals surface area contributed by atoms with Crippen LogP contribution in [0, 0.1) is 0 Å². The third-order valence-electron chi connectivity index (χ3n) is 27.9. The van der Waals surface area contributed by atoms with Gasteiger partial charge in [0, 0.05) is 67.4 Å². The number of fused-ring (bicyclic) bond motifs is 17. The molecule has 0 saturated carbocycles. The summed E-state index contributed by atoms with van der Waals surface area (Å²) in [6.07, 6.45) is 0. The van der Waals surface area contributed by atoms with E-state index in [0.29, 0.717) is 0 Å². The maximum absolute atomic E-state index is 7.13. The standard InChI is InChI=1S/C70H44BNO2.C58H38BNO/c1-4-20-45(21-5-1)49-26-12-14-36-64(49)72(65-37-18-34-58-55-29-13-15-38-66(55)74-70(58)65)48-40-41-56-62-44-60-52-28-11-10-27-51(52)59(43-61(60)57-33-19-39-67(69(57)62)73-68(56)42-48)53-30-16-32-54-50(53)31-17-35-63(54)71(46-22-6-2-7-23-46)47-24-8-3-9-25-47;1-5-16-42(17-6-1)59(43-18-7-2-8-19-43)44-31-30-39-34-41(29-28-40(39)35-44)52-37-54-51-26-15-27-56-58(51)55(38-53(54)49-25-14-13-24-48(49)52)50-33-32-47(36-57(50)61-56)60(45-20-9-3-10-21-45)46-22-11-4-12-23-46/h1-44H;1-38H. The first-order valence-corrected chi connectivity index (χ1v) is 46.5. The SMILES string of the molecule is c1ccc(B(c2ccccc2)c2ccc3cc(-c4cc5c6cccc7c6c(cc5c5ccccc45)-c4ccc(N(c5ccccc5)c5ccccc5)cc4O7)ccc3c2)cc1.c1ccc(B(c2ccccc2)c2cccc3c(-c4cc5c6cccc7c6c(cc5c5ccccc45)-c4ccc(N(c5ccccc5-c5ccccc5)c5cccc6c5oc5ccccc56)cc4O7)cccc23)cc1. The van der Waals surface area contributed by atoms with E-state index in [0.717, 1.165) is 118 Å². The average molecular weight is 1720 g/mol. The summed E-state index contributed by atoms with van der Waals surface area (Å²) in [5.41, 5.74) is 27.2. The van der Waals surface area contributed by atoms with Gasteiger partial charge >= 0.3 is 0 Å². The van der Waals surface area contributed by atoms with Crippen LogP contribution in [0.15, 0.2) is 502 Å². The van der Waals surface area contributed by atoms with Crippen molar-refractivity contribution in [3.63, 3.8) is 0 Å². The van der Waals surface area contributed by atoms with Crippen LogP contribution in [-0.2, 0) is 0 Å². The normalized spacial score (nSPS) is 11.8. The topological polar surface area (TPSA) is 38.1 Å². The van der Waals surface area contributed by atoms with Gasteiger partial charge in [0.15, 0.2) is 5.58 Å². The molecule has 0 spiro atoms. The predicted octanol–water partition coefficient (Wildman–Crippen LogP) is 31.0. The van der Waals surface area contributed by atoms with Crippen molar-refractivity contribution in [2.24, 2.45) is 0 Å². The Labute approximate surface area is 782 Å². The summed E-state index contributed by atoms with van der Waals surface area (Å²) >= 11 is 0. The highest BCUT2D eigenvalue weighted by Gasteiger charge is 2.32. The minimum Gasteiger partial charge on any atom is -0.456 e. The van der Waals surface area contributed by atoms with E-state index in [2.05, 4.69) is 495 Å². The molecule has 2 aliphatic heterocycles. The second-order valence-corrected chi connectivity index (χ2v) is 35.5. The maximum atomic E-state index is 7.13. The van der Waals surface area contributed by atoms with E-state index in [9.17, 15) is 0 Å². The zero-order valence-corrected chi connectivity index (χ0v) is 73.6. The number of furan rings is 1. The van der Waals surface area contributed by atoms with Gasteiger partial charge in [0.2, 0.25) is 13.4 Å². The third-order valence-corrected chi connectivity index (χ3v) is 27.9. The van der Waals surface area contributed by atoms with Crippen LogP contribution in [0.5, 0.6) is 23.0 Å². The number of nitrogens with zero attached hydrogens (tertiary/aromatic N) is 2. The molecule has 0 unspecified atom stereocenters. The first-order chi connectivity index (χ1) is 67.0. The van der Waals surface area contributed by atoms with E-state index in [1.54, 1.807) is 0 Å². The first-order valence-electron chi connectivity index (χ1n) is 46.5. The van der Waals surface area contributed by atoms with Gasteiger partial charge in [0.1, 0.15) is 28.6 Å². The van der Waals surface area contributed by atoms with Crippen LogP contribution in [0.4, 0.5) is 34.1 Å². The van der Waals surface area contributed by atoms with E-state index < -0.39 is 0 Å². The van der Waals surface area contributed by atoms with Crippen LogP contribution in [0.1, 0.15) is 0 Å². The smallest absolute Gasteiger partial charge is 0.241 e. The van der Waals surface area contributed by atoms with E-state index >= 15 is 0 Å². The molecular weight excluding hydrogens is 1640 g/mol. The molecule has 2 aliphatic rings. The van der Waals surface area contributed by atoms with Gasteiger partial charge < -0.3 is 23.7 Å². The molecule has 135 heavy (non-hydrogen) atoms. The first kappa shape index (κ1) is 78.5. The summed E-state index contributed by atoms with van der Waals surface area (Å²) in [7, 11) is 0. The summed E-state index contributed by atoms with van der Waals surface area (Å²) < 4.78 is 20.8. The van der Waals surface area contributed by atoms with Crippen molar-refractivity contribution in [1.29, 1.82) is 0 Å². The molecule has 0 bridgehead atoms. The Bertz CT molecular complexity index is 8890. The number of hydrogen-bond acceptors (Lipinski definition) is 5. The Morgan fingerprint density at radius 3 is 1.19 bits per heavy atom. The second-order valence-electron chi connectivity index (χ2n) is 35.5. The third kappa shape index (κ3) is 13.5. The molecule has 0 aliphatic carbocycles. The van der Waals surface area contributed by atoms with Crippen molar-refractivity contribution in [3.05, 3.63) is 497 Å². The van der Waals surface area contributed by atoms with Crippen LogP contribution in [-0.4, -0.2) is 13.4 Å². The second kappa shape index (κ2) is 32.8. The summed E-state index contributed by atoms with van der Waals surface area (Å²) in [5, 5.41) is 21.5. The summed E-state index contributed by atoms with van der Waals surface area (Å²) in [5.74, 6) is 3.38. The lowest BCUT2D eigenvalue weighted by Crippen LogP contribution is -2.52. The Morgan fingerprint density at radius 1 is 0.178 bits per heavy atom. The number of ether oxygens (including phenoxy) is 2. The zero-order valence-electron chi connectivity index (χ0n) is 73.6. The molecule has 7 heteroatoms. The van der Waals surface area contributed by atoms with Gasteiger partial charge in [0.25, 0.3) is 0 Å². The molecule has 628 valence electrons. The van der Waals surface area contributed by atoms with Crippen LogP contribution in [0.25, 0.3) is 164 Å². The van der Waals surface area contributed by atoms with Crippen LogP contribution in [0.3, 0.4) is 0 Å².